The van der Waals surface area contributed by atoms with Gasteiger partial charge in [0, 0.05) is 17.8 Å². The van der Waals surface area contributed by atoms with Crippen LogP contribution in [0.15, 0.2) is 41.0 Å². The predicted molar refractivity (Wildman–Crippen MR) is 64.4 cm³/mol. The van der Waals surface area contributed by atoms with E-state index in [-0.39, 0.29) is 11.7 Å². The first kappa shape index (κ1) is 11.1. The maximum Gasteiger partial charge on any atom is 0.269 e. The summed E-state index contributed by atoms with van der Waals surface area (Å²) in [5.74, 6) is 0.321. The molecule has 17 heavy (non-hydrogen) atoms. The van der Waals surface area contributed by atoms with Crippen molar-refractivity contribution in [1.82, 2.24) is 5.32 Å². The van der Waals surface area contributed by atoms with Crippen molar-refractivity contribution in [3.05, 3.63) is 51.7 Å². The Kier molecular flexibility index (Phi) is 2.78. The van der Waals surface area contributed by atoms with Crippen LogP contribution in [0.2, 0.25) is 0 Å². The van der Waals surface area contributed by atoms with Gasteiger partial charge in [0.25, 0.3) is 5.69 Å². The van der Waals surface area contributed by atoms with Crippen molar-refractivity contribution in [2.45, 2.75) is 13.0 Å². The first-order chi connectivity index (χ1) is 8.06. The molecule has 1 aromatic rings. The van der Waals surface area contributed by atoms with E-state index in [1.165, 1.54) is 12.1 Å². The number of nitrogens with one attached hydrogen (secondary N) is 1. The fraction of sp³-hybridized carbons (Fsp3) is 0.182. The van der Waals surface area contributed by atoms with Gasteiger partial charge in [-0.15, -0.1) is 0 Å². The molecule has 0 bridgehead atoms. The summed E-state index contributed by atoms with van der Waals surface area (Å²) in [5.41, 5.74) is 7.31. The Hall–Kier alpha value is -2.37. The van der Waals surface area contributed by atoms with Crippen LogP contribution in [0.4, 0.5) is 5.69 Å². The number of nitro groups is 1. The minimum Gasteiger partial charge on any atom is -0.370 e. The SMILES string of the molecule is CC1=CC(c2cccc([N+](=O)[O-])c2)N=C(N)N1. The van der Waals surface area contributed by atoms with Gasteiger partial charge in [0.2, 0.25) is 0 Å². The third kappa shape index (κ3) is 2.41. The van der Waals surface area contributed by atoms with Crippen LogP contribution < -0.4 is 11.1 Å². The Morgan fingerprint density at radius 3 is 2.94 bits per heavy atom. The fourth-order valence-electron chi connectivity index (χ4n) is 1.69. The molecule has 6 heteroatoms. The first-order valence-corrected chi connectivity index (χ1v) is 5.09. The van der Waals surface area contributed by atoms with Gasteiger partial charge < -0.3 is 11.1 Å². The van der Waals surface area contributed by atoms with Gasteiger partial charge in [-0.1, -0.05) is 12.1 Å². The Balaban J connectivity index is 2.37. The number of guanidine groups is 1. The molecule has 0 saturated carbocycles. The number of rotatable bonds is 2. The Morgan fingerprint density at radius 1 is 1.53 bits per heavy atom. The van der Waals surface area contributed by atoms with Crippen LogP contribution in [0.5, 0.6) is 0 Å². The van der Waals surface area contributed by atoms with Crippen molar-refractivity contribution in [3.63, 3.8) is 0 Å². The Morgan fingerprint density at radius 2 is 2.29 bits per heavy atom. The normalized spacial score (nSPS) is 19.0. The van der Waals surface area contributed by atoms with Crippen molar-refractivity contribution < 1.29 is 4.92 Å². The number of nitrogens with zero attached hydrogens (tertiary/aromatic N) is 2. The highest BCUT2D eigenvalue weighted by Gasteiger charge is 2.15. The maximum absolute atomic E-state index is 10.7. The van der Waals surface area contributed by atoms with E-state index in [1.54, 1.807) is 12.1 Å². The van der Waals surface area contributed by atoms with Crippen molar-refractivity contribution in [2.24, 2.45) is 10.7 Å². The average molecular weight is 232 g/mol. The van der Waals surface area contributed by atoms with E-state index in [0.717, 1.165) is 11.3 Å². The highest BCUT2D eigenvalue weighted by Crippen LogP contribution is 2.25. The number of hydrogen-bond acceptors (Lipinski definition) is 5. The fourth-order valence-corrected chi connectivity index (χ4v) is 1.69. The molecule has 1 aromatic carbocycles. The summed E-state index contributed by atoms with van der Waals surface area (Å²) in [7, 11) is 0. The van der Waals surface area contributed by atoms with Gasteiger partial charge in [-0.05, 0) is 18.6 Å². The molecule has 0 aliphatic carbocycles. The molecule has 0 amide bonds. The van der Waals surface area contributed by atoms with E-state index >= 15 is 0 Å². The molecule has 0 spiro atoms. The number of aliphatic imine (C=N–C) groups is 1. The lowest BCUT2D eigenvalue weighted by molar-refractivity contribution is -0.384. The smallest absolute Gasteiger partial charge is 0.269 e. The second kappa shape index (κ2) is 4.25. The zero-order chi connectivity index (χ0) is 12.4. The molecule has 0 fully saturated rings. The summed E-state index contributed by atoms with van der Waals surface area (Å²) in [4.78, 5) is 14.4. The molecular weight excluding hydrogens is 220 g/mol. The largest absolute Gasteiger partial charge is 0.370 e. The van der Waals surface area contributed by atoms with Gasteiger partial charge in [0.1, 0.15) is 0 Å². The molecule has 1 aliphatic heterocycles. The minimum absolute atomic E-state index is 0.0563. The molecule has 0 aromatic heterocycles. The number of hydrogen-bond donors (Lipinski definition) is 2. The van der Waals surface area contributed by atoms with Gasteiger partial charge >= 0.3 is 0 Å². The second-order valence-electron chi connectivity index (χ2n) is 3.79. The summed E-state index contributed by atoms with van der Waals surface area (Å²) in [6.07, 6.45) is 1.87. The van der Waals surface area contributed by atoms with E-state index in [4.69, 9.17) is 5.73 Å². The molecule has 1 aliphatic rings. The van der Waals surface area contributed by atoms with Crippen LogP contribution in [0.3, 0.4) is 0 Å². The van der Waals surface area contributed by atoms with Crippen LogP contribution in [-0.4, -0.2) is 10.9 Å². The predicted octanol–water partition coefficient (Wildman–Crippen LogP) is 1.46. The van der Waals surface area contributed by atoms with E-state index in [0.29, 0.717) is 5.96 Å². The van der Waals surface area contributed by atoms with Crippen molar-refractivity contribution in [2.75, 3.05) is 0 Å². The van der Waals surface area contributed by atoms with Crippen LogP contribution in [0.1, 0.15) is 18.5 Å². The number of allylic oxidation sites excluding steroid dienone is 1. The lowest BCUT2D eigenvalue weighted by Crippen LogP contribution is -2.33. The Bertz CT molecular complexity index is 504. The molecule has 1 atom stereocenters. The van der Waals surface area contributed by atoms with Crippen molar-refractivity contribution in [1.29, 1.82) is 0 Å². The zero-order valence-electron chi connectivity index (χ0n) is 9.25. The third-order valence-corrected chi connectivity index (χ3v) is 2.43. The van der Waals surface area contributed by atoms with E-state index in [9.17, 15) is 10.1 Å². The van der Waals surface area contributed by atoms with Gasteiger partial charge in [0.05, 0.1) is 11.0 Å². The van der Waals surface area contributed by atoms with Gasteiger partial charge in [-0.2, -0.15) is 0 Å². The molecule has 3 N–H and O–H groups in total. The molecule has 6 nitrogen and oxygen atoms in total. The monoisotopic (exact) mass is 232 g/mol. The van der Waals surface area contributed by atoms with Gasteiger partial charge in [-0.25, -0.2) is 4.99 Å². The second-order valence-corrected chi connectivity index (χ2v) is 3.79. The summed E-state index contributed by atoms with van der Waals surface area (Å²) in [6, 6.07) is 6.13. The molecule has 0 radical (unpaired) electrons. The molecule has 0 saturated heterocycles. The standard InChI is InChI=1S/C11H12N4O2/c1-7-5-10(14-11(12)13-7)8-3-2-4-9(6-8)15(16)17/h2-6,10H,1H3,(H3,12,13,14). The van der Waals surface area contributed by atoms with E-state index < -0.39 is 4.92 Å². The highest BCUT2D eigenvalue weighted by atomic mass is 16.6. The maximum atomic E-state index is 10.7. The molecule has 1 unspecified atom stereocenters. The third-order valence-electron chi connectivity index (χ3n) is 2.43. The number of nitro benzene ring substituents is 1. The quantitative estimate of drug-likeness (QED) is 0.596. The molecule has 1 heterocycles. The van der Waals surface area contributed by atoms with Crippen molar-refractivity contribution in [3.8, 4) is 0 Å². The summed E-state index contributed by atoms with van der Waals surface area (Å²) in [6.45, 7) is 1.87. The topological polar surface area (TPSA) is 93.5 Å². The number of nitrogens with two attached hydrogens (primary N) is 1. The van der Waals surface area contributed by atoms with Crippen molar-refractivity contribution >= 4 is 11.6 Å². The molecule has 88 valence electrons. The minimum atomic E-state index is -0.422. The average Bonchev–Trinajstić information content (AvgIpc) is 2.28. The zero-order valence-corrected chi connectivity index (χ0v) is 9.25. The van der Waals surface area contributed by atoms with Crippen LogP contribution >= 0.6 is 0 Å². The highest BCUT2D eigenvalue weighted by molar-refractivity contribution is 5.81. The summed E-state index contributed by atoms with van der Waals surface area (Å²) >= 11 is 0. The lowest BCUT2D eigenvalue weighted by Gasteiger charge is -2.17. The number of non-ortho nitro benzene ring substituents is 1. The van der Waals surface area contributed by atoms with E-state index in [1.807, 2.05) is 13.0 Å². The van der Waals surface area contributed by atoms with Gasteiger partial charge in [0.15, 0.2) is 5.96 Å². The Labute approximate surface area is 98.0 Å². The summed E-state index contributed by atoms with van der Waals surface area (Å²) < 4.78 is 0. The van der Waals surface area contributed by atoms with Gasteiger partial charge in [-0.3, -0.25) is 10.1 Å². The number of benzene rings is 1. The van der Waals surface area contributed by atoms with Crippen LogP contribution in [0, 0.1) is 10.1 Å². The molecular formula is C11H12N4O2. The van der Waals surface area contributed by atoms with Crippen LogP contribution in [-0.2, 0) is 0 Å². The molecule has 2 rings (SSSR count). The lowest BCUT2D eigenvalue weighted by atomic mass is 10.0. The van der Waals surface area contributed by atoms with Crippen LogP contribution in [0.25, 0.3) is 0 Å². The first-order valence-electron chi connectivity index (χ1n) is 5.09. The summed E-state index contributed by atoms with van der Waals surface area (Å²) in [5, 5.41) is 13.6. The van der Waals surface area contributed by atoms with E-state index in [2.05, 4.69) is 10.3 Å².